The van der Waals surface area contributed by atoms with Gasteiger partial charge in [0.05, 0.1) is 17.4 Å². The first-order valence-electron chi connectivity index (χ1n) is 2.80. The second kappa shape index (κ2) is 3.13. The molecule has 0 saturated heterocycles. The molecule has 2 nitrogen and oxygen atoms in total. The molecule has 0 amide bonds. The molecule has 1 rings (SSSR count). The van der Waals surface area contributed by atoms with Crippen molar-refractivity contribution in [2.75, 3.05) is 5.73 Å². The fraction of sp³-hybridized carbons (Fsp3) is 0.167. The van der Waals surface area contributed by atoms with Crippen molar-refractivity contribution < 1.29 is 8.78 Å². The van der Waals surface area contributed by atoms with Crippen molar-refractivity contribution in [1.82, 2.24) is 4.98 Å². The van der Waals surface area contributed by atoms with Gasteiger partial charge in [0, 0.05) is 10.7 Å². The Bertz CT molecular complexity index is 245. The van der Waals surface area contributed by atoms with E-state index in [1.807, 2.05) is 0 Å². The Kier molecular flexibility index (Phi) is 2.38. The molecule has 0 aliphatic rings. The summed E-state index contributed by atoms with van der Waals surface area (Å²) in [6.07, 6.45) is -0.0724. The zero-order valence-electron chi connectivity index (χ0n) is 5.39. The van der Waals surface area contributed by atoms with E-state index in [2.05, 4.69) is 20.9 Å². The largest absolute Gasteiger partial charge is 0.397 e. The quantitative estimate of drug-likeness (QED) is 0.793. The Morgan fingerprint density at radius 1 is 1.45 bits per heavy atom. The number of aromatic nitrogens is 1. The van der Waals surface area contributed by atoms with Gasteiger partial charge >= 0.3 is 0 Å². The molecule has 1 heterocycles. The Labute approximate surface area is 70.6 Å². The Hall–Kier alpha value is -0.710. The third kappa shape index (κ3) is 1.65. The van der Waals surface area contributed by atoms with Gasteiger partial charge in [0.2, 0.25) is 0 Å². The lowest BCUT2D eigenvalue weighted by Crippen LogP contribution is -1.96. The molecule has 1 aromatic heterocycles. The van der Waals surface area contributed by atoms with Crippen LogP contribution in [0.25, 0.3) is 0 Å². The third-order valence-corrected chi connectivity index (χ3v) is 1.82. The van der Waals surface area contributed by atoms with Crippen LogP contribution in [0.1, 0.15) is 12.0 Å². The van der Waals surface area contributed by atoms with E-state index in [4.69, 9.17) is 5.73 Å². The molecule has 1 aromatic rings. The number of hydrogen-bond acceptors (Lipinski definition) is 2. The molecular weight excluding hydrogens is 218 g/mol. The van der Waals surface area contributed by atoms with Gasteiger partial charge in [0.15, 0.2) is 0 Å². The van der Waals surface area contributed by atoms with Gasteiger partial charge in [-0.05, 0) is 15.9 Å². The molecule has 0 fully saturated rings. The summed E-state index contributed by atoms with van der Waals surface area (Å²) in [5.41, 5.74) is 5.06. The lowest BCUT2D eigenvalue weighted by Gasteiger charge is -2.04. The van der Waals surface area contributed by atoms with Crippen molar-refractivity contribution in [1.29, 1.82) is 0 Å². The second-order valence-corrected chi connectivity index (χ2v) is 2.78. The van der Waals surface area contributed by atoms with Crippen molar-refractivity contribution in [3.63, 3.8) is 0 Å². The molecule has 0 bridgehead atoms. The number of nitrogens with zero attached hydrogens (tertiary/aromatic N) is 1. The smallest absolute Gasteiger partial charge is 0.267 e. The maximum atomic E-state index is 12.2. The van der Waals surface area contributed by atoms with Crippen LogP contribution in [-0.4, -0.2) is 4.98 Å². The van der Waals surface area contributed by atoms with Crippen LogP contribution in [-0.2, 0) is 0 Å². The maximum absolute atomic E-state index is 12.2. The van der Waals surface area contributed by atoms with Crippen LogP contribution < -0.4 is 5.73 Å². The van der Waals surface area contributed by atoms with Crippen LogP contribution in [0.4, 0.5) is 14.5 Å². The average Bonchev–Trinajstić information content (AvgIpc) is 1.85. The fourth-order valence-electron chi connectivity index (χ4n) is 0.690. The van der Waals surface area contributed by atoms with E-state index < -0.39 is 6.43 Å². The highest BCUT2D eigenvalue weighted by molar-refractivity contribution is 9.10. The van der Waals surface area contributed by atoms with E-state index in [0.29, 0.717) is 0 Å². The van der Waals surface area contributed by atoms with Crippen LogP contribution in [0.15, 0.2) is 16.9 Å². The number of hydrogen-bond donors (Lipinski definition) is 1. The molecule has 0 radical (unpaired) electrons. The first kappa shape index (κ1) is 8.39. The minimum absolute atomic E-state index is 0.00868. The lowest BCUT2D eigenvalue weighted by atomic mass is 10.2. The molecule has 0 aliphatic heterocycles. The van der Waals surface area contributed by atoms with Gasteiger partial charge in [0.25, 0.3) is 6.43 Å². The Balaban J connectivity index is 3.21. The van der Waals surface area contributed by atoms with E-state index in [9.17, 15) is 8.78 Å². The molecular formula is C6H5BrF2N2. The van der Waals surface area contributed by atoms with Crippen molar-refractivity contribution in [2.45, 2.75) is 6.43 Å². The Morgan fingerprint density at radius 3 is 2.45 bits per heavy atom. The van der Waals surface area contributed by atoms with Gasteiger partial charge in [0.1, 0.15) is 0 Å². The SMILES string of the molecule is Nc1cncc(Br)c1C(F)F. The summed E-state index contributed by atoms with van der Waals surface area (Å²) in [5, 5.41) is 0. The standard InChI is InChI=1S/C6H5BrF2N2/c7-3-1-11-2-4(10)5(3)6(8)9/h1-2,6H,10H2. The molecule has 0 saturated carbocycles. The molecule has 0 atom stereocenters. The number of alkyl halides is 2. The van der Waals surface area contributed by atoms with Gasteiger partial charge in [-0.1, -0.05) is 0 Å². The summed E-state index contributed by atoms with van der Waals surface area (Å²) in [7, 11) is 0. The van der Waals surface area contributed by atoms with E-state index in [1.165, 1.54) is 12.4 Å². The first-order valence-corrected chi connectivity index (χ1v) is 3.59. The normalized spacial score (nSPS) is 10.5. The van der Waals surface area contributed by atoms with Gasteiger partial charge in [-0.3, -0.25) is 4.98 Å². The minimum Gasteiger partial charge on any atom is -0.397 e. The summed E-state index contributed by atoms with van der Waals surface area (Å²) in [4.78, 5) is 3.62. The van der Waals surface area contributed by atoms with Crippen molar-refractivity contribution >= 4 is 21.6 Å². The highest BCUT2D eigenvalue weighted by Gasteiger charge is 2.14. The van der Waals surface area contributed by atoms with Crippen LogP contribution >= 0.6 is 15.9 Å². The zero-order valence-corrected chi connectivity index (χ0v) is 6.98. The number of pyridine rings is 1. The van der Waals surface area contributed by atoms with E-state index in [0.717, 1.165) is 0 Å². The Morgan fingerprint density at radius 2 is 2.09 bits per heavy atom. The highest BCUT2D eigenvalue weighted by atomic mass is 79.9. The van der Waals surface area contributed by atoms with Crippen LogP contribution in [0.2, 0.25) is 0 Å². The molecule has 0 spiro atoms. The lowest BCUT2D eigenvalue weighted by molar-refractivity contribution is 0.151. The topological polar surface area (TPSA) is 38.9 Å². The van der Waals surface area contributed by atoms with Gasteiger partial charge < -0.3 is 5.73 Å². The summed E-state index contributed by atoms with van der Waals surface area (Å²) in [6.45, 7) is 0. The molecule has 0 aromatic carbocycles. The molecule has 2 N–H and O–H groups in total. The molecule has 0 unspecified atom stereocenters. The monoisotopic (exact) mass is 222 g/mol. The van der Waals surface area contributed by atoms with Crippen molar-refractivity contribution in [3.05, 3.63) is 22.4 Å². The summed E-state index contributed by atoms with van der Waals surface area (Å²) < 4.78 is 24.5. The van der Waals surface area contributed by atoms with Crippen molar-refractivity contribution in [2.24, 2.45) is 0 Å². The zero-order chi connectivity index (χ0) is 8.43. The summed E-state index contributed by atoms with van der Waals surface area (Å²) in [5.74, 6) is 0. The third-order valence-electron chi connectivity index (χ3n) is 1.19. The summed E-state index contributed by atoms with van der Waals surface area (Å²) >= 11 is 2.93. The number of anilines is 1. The second-order valence-electron chi connectivity index (χ2n) is 1.92. The minimum atomic E-state index is -2.56. The number of nitrogen functional groups attached to an aromatic ring is 1. The number of rotatable bonds is 1. The first-order chi connectivity index (χ1) is 5.13. The molecule has 5 heteroatoms. The molecule has 11 heavy (non-hydrogen) atoms. The van der Waals surface area contributed by atoms with E-state index >= 15 is 0 Å². The van der Waals surface area contributed by atoms with Gasteiger partial charge in [-0.15, -0.1) is 0 Å². The van der Waals surface area contributed by atoms with Crippen LogP contribution in [0, 0.1) is 0 Å². The van der Waals surface area contributed by atoms with Crippen LogP contribution in [0.5, 0.6) is 0 Å². The predicted molar refractivity (Wildman–Crippen MR) is 41.3 cm³/mol. The van der Waals surface area contributed by atoms with Crippen LogP contribution in [0.3, 0.4) is 0 Å². The highest BCUT2D eigenvalue weighted by Crippen LogP contribution is 2.30. The number of halogens is 3. The maximum Gasteiger partial charge on any atom is 0.267 e. The predicted octanol–water partition coefficient (Wildman–Crippen LogP) is 2.36. The van der Waals surface area contributed by atoms with Gasteiger partial charge in [-0.25, -0.2) is 8.78 Å². The number of nitrogens with two attached hydrogens (primary N) is 1. The fourth-order valence-corrected chi connectivity index (χ4v) is 1.21. The summed E-state index contributed by atoms with van der Waals surface area (Å²) in [6, 6.07) is 0. The van der Waals surface area contributed by atoms with E-state index in [1.54, 1.807) is 0 Å². The molecule has 0 aliphatic carbocycles. The van der Waals surface area contributed by atoms with E-state index in [-0.39, 0.29) is 15.7 Å². The average molecular weight is 223 g/mol. The molecule has 60 valence electrons. The van der Waals surface area contributed by atoms with Crippen molar-refractivity contribution in [3.8, 4) is 0 Å². The van der Waals surface area contributed by atoms with Gasteiger partial charge in [-0.2, -0.15) is 0 Å².